The molecule has 3 aromatic carbocycles. The molecule has 2 fully saturated rings. The van der Waals surface area contributed by atoms with Crippen molar-refractivity contribution in [3.8, 4) is 5.75 Å². The molecular formula is C30H30FN3O6. The molecule has 0 bridgehead atoms. The van der Waals surface area contributed by atoms with E-state index in [0.29, 0.717) is 41.3 Å². The van der Waals surface area contributed by atoms with Crippen molar-refractivity contribution in [2.45, 2.75) is 37.6 Å². The number of nitrogens with one attached hydrogen (secondary N) is 2. The van der Waals surface area contributed by atoms with E-state index < -0.39 is 24.1 Å². The van der Waals surface area contributed by atoms with Crippen molar-refractivity contribution < 1.29 is 33.0 Å². The summed E-state index contributed by atoms with van der Waals surface area (Å²) in [6, 6.07) is 18.3. The standard InChI is InChI=1S/C30H30FN3O6/c1-38-24-14-8-21(9-15-24)28(35)33-23-12-6-20(7-13-23)27-26(29(36)32-17-25-3-2-16-39-25)34(30(37)40-27)18-19-4-10-22(31)11-5-19/h4-15,25-27H,2-3,16-18H2,1H3,(H,32,36)(H,33,35)/t25-,26+,27+/m1/s1. The molecular weight excluding hydrogens is 517 g/mol. The number of hydrogen-bond donors (Lipinski definition) is 2. The highest BCUT2D eigenvalue weighted by molar-refractivity contribution is 6.04. The van der Waals surface area contributed by atoms with Crippen LogP contribution in [0.4, 0.5) is 14.9 Å². The number of cyclic esters (lactones) is 1. The number of carbonyl (C=O) groups is 3. The first-order valence-corrected chi connectivity index (χ1v) is 13.1. The van der Waals surface area contributed by atoms with Gasteiger partial charge in [-0.25, -0.2) is 9.18 Å². The molecule has 0 spiro atoms. The second-order valence-corrected chi connectivity index (χ2v) is 9.69. The molecule has 2 heterocycles. The third-order valence-electron chi connectivity index (χ3n) is 7.00. The van der Waals surface area contributed by atoms with E-state index in [1.54, 1.807) is 67.8 Å². The first kappa shape index (κ1) is 27.1. The van der Waals surface area contributed by atoms with Crippen molar-refractivity contribution >= 4 is 23.6 Å². The van der Waals surface area contributed by atoms with Crippen LogP contribution in [0.15, 0.2) is 72.8 Å². The lowest BCUT2D eigenvalue weighted by atomic mass is 10.00. The molecule has 0 saturated carbocycles. The fraction of sp³-hybridized carbons (Fsp3) is 0.300. The lowest BCUT2D eigenvalue weighted by Gasteiger charge is -2.25. The summed E-state index contributed by atoms with van der Waals surface area (Å²) in [5, 5.41) is 5.74. The lowest BCUT2D eigenvalue weighted by molar-refractivity contribution is -0.126. The fourth-order valence-electron chi connectivity index (χ4n) is 4.82. The first-order chi connectivity index (χ1) is 19.4. The Morgan fingerprint density at radius 3 is 2.40 bits per heavy atom. The van der Waals surface area contributed by atoms with Gasteiger partial charge >= 0.3 is 6.09 Å². The minimum absolute atomic E-state index is 0.0698. The highest BCUT2D eigenvalue weighted by Crippen LogP contribution is 2.34. The predicted octanol–water partition coefficient (Wildman–Crippen LogP) is 4.44. The van der Waals surface area contributed by atoms with Crippen molar-refractivity contribution in [2.24, 2.45) is 0 Å². The van der Waals surface area contributed by atoms with Crippen LogP contribution in [-0.2, 0) is 20.8 Å². The SMILES string of the molecule is COc1ccc(C(=O)Nc2ccc([C@@H]3OC(=O)N(Cc4ccc(F)cc4)[C@@H]3C(=O)NC[C@H]3CCCO3)cc2)cc1. The van der Waals surface area contributed by atoms with Crippen molar-refractivity contribution in [2.75, 3.05) is 25.6 Å². The quantitative estimate of drug-likeness (QED) is 0.410. The number of halogens is 1. The number of amides is 3. The lowest BCUT2D eigenvalue weighted by Crippen LogP contribution is -2.47. The zero-order valence-electron chi connectivity index (χ0n) is 22.0. The topological polar surface area (TPSA) is 106 Å². The summed E-state index contributed by atoms with van der Waals surface area (Å²) < 4.78 is 29.9. The summed E-state index contributed by atoms with van der Waals surface area (Å²) in [7, 11) is 1.55. The van der Waals surface area contributed by atoms with Gasteiger partial charge in [-0.3, -0.25) is 14.5 Å². The van der Waals surface area contributed by atoms with Crippen molar-refractivity contribution in [1.82, 2.24) is 10.2 Å². The van der Waals surface area contributed by atoms with Crippen LogP contribution in [0.5, 0.6) is 5.75 Å². The normalized spacial score (nSPS) is 20.2. The maximum atomic E-state index is 13.4. The van der Waals surface area contributed by atoms with Crippen molar-refractivity contribution in [3.05, 3.63) is 95.3 Å². The van der Waals surface area contributed by atoms with E-state index in [1.807, 2.05) is 0 Å². The number of methoxy groups -OCH3 is 1. The number of carbonyl (C=O) groups excluding carboxylic acids is 3. The average molecular weight is 548 g/mol. The van der Waals surface area contributed by atoms with Gasteiger partial charge < -0.3 is 24.8 Å². The van der Waals surface area contributed by atoms with Crippen LogP contribution in [0, 0.1) is 5.82 Å². The van der Waals surface area contributed by atoms with Gasteiger partial charge in [-0.15, -0.1) is 0 Å². The third-order valence-corrected chi connectivity index (χ3v) is 7.00. The van der Waals surface area contributed by atoms with Crippen LogP contribution in [0.3, 0.4) is 0 Å². The average Bonchev–Trinajstić information content (AvgIpc) is 3.61. The van der Waals surface area contributed by atoms with Crippen molar-refractivity contribution in [3.63, 3.8) is 0 Å². The Kier molecular flexibility index (Phi) is 8.26. The molecule has 2 aliphatic heterocycles. The molecule has 40 heavy (non-hydrogen) atoms. The zero-order valence-corrected chi connectivity index (χ0v) is 22.0. The number of ether oxygens (including phenoxy) is 3. The van der Waals surface area contributed by atoms with Crippen LogP contribution in [0.2, 0.25) is 0 Å². The van der Waals surface area contributed by atoms with Crippen LogP contribution in [0.25, 0.3) is 0 Å². The highest BCUT2D eigenvalue weighted by atomic mass is 19.1. The molecule has 208 valence electrons. The van der Waals surface area contributed by atoms with Gasteiger partial charge in [0, 0.05) is 24.4 Å². The largest absolute Gasteiger partial charge is 0.497 e. The Morgan fingerprint density at radius 1 is 1.02 bits per heavy atom. The molecule has 9 nitrogen and oxygen atoms in total. The predicted molar refractivity (Wildman–Crippen MR) is 144 cm³/mol. The minimum atomic E-state index is -0.960. The van der Waals surface area contributed by atoms with Gasteiger partial charge in [0.2, 0.25) is 5.91 Å². The Balaban J connectivity index is 1.32. The molecule has 0 radical (unpaired) electrons. The first-order valence-electron chi connectivity index (χ1n) is 13.1. The number of rotatable bonds is 9. The second kappa shape index (κ2) is 12.2. The molecule has 3 aromatic rings. The molecule has 0 unspecified atom stereocenters. The maximum absolute atomic E-state index is 13.4. The minimum Gasteiger partial charge on any atom is -0.497 e. The fourth-order valence-corrected chi connectivity index (χ4v) is 4.82. The molecule has 2 N–H and O–H groups in total. The highest BCUT2D eigenvalue weighted by Gasteiger charge is 2.47. The summed E-state index contributed by atoms with van der Waals surface area (Å²) in [6.45, 7) is 1.06. The Bertz CT molecular complexity index is 1340. The van der Waals surface area contributed by atoms with E-state index in [9.17, 15) is 18.8 Å². The van der Waals surface area contributed by atoms with Crippen molar-refractivity contribution in [1.29, 1.82) is 0 Å². The third kappa shape index (κ3) is 6.23. The van der Waals surface area contributed by atoms with E-state index in [-0.39, 0.29) is 24.5 Å². The van der Waals surface area contributed by atoms with Crippen LogP contribution >= 0.6 is 0 Å². The summed E-state index contributed by atoms with van der Waals surface area (Å²) in [4.78, 5) is 40.4. The summed E-state index contributed by atoms with van der Waals surface area (Å²) >= 11 is 0. The monoisotopic (exact) mass is 547 g/mol. The molecule has 3 atom stereocenters. The number of nitrogens with zero attached hydrogens (tertiary/aromatic N) is 1. The Morgan fingerprint density at radius 2 is 1.75 bits per heavy atom. The number of anilines is 1. The van der Waals surface area contributed by atoms with Gasteiger partial charge in [0.15, 0.2) is 12.1 Å². The zero-order chi connectivity index (χ0) is 28.1. The number of hydrogen-bond acceptors (Lipinski definition) is 6. The van der Waals surface area contributed by atoms with E-state index in [4.69, 9.17) is 14.2 Å². The Hall–Kier alpha value is -4.44. The molecule has 0 aromatic heterocycles. The van der Waals surface area contributed by atoms with E-state index in [1.165, 1.54) is 17.0 Å². The smallest absolute Gasteiger partial charge is 0.411 e. The van der Waals surface area contributed by atoms with Gasteiger partial charge in [0.05, 0.1) is 19.8 Å². The van der Waals surface area contributed by atoms with Gasteiger partial charge in [0.1, 0.15) is 11.6 Å². The molecule has 5 rings (SSSR count). The number of benzene rings is 3. The van der Waals surface area contributed by atoms with Gasteiger partial charge in [-0.2, -0.15) is 0 Å². The Labute approximate surface area is 231 Å². The molecule has 3 amide bonds. The van der Waals surface area contributed by atoms with Crippen LogP contribution in [0.1, 0.15) is 40.4 Å². The van der Waals surface area contributed by atoms with E-state index in [0.717, 1.165) is 12.8 Å². The summed E-state index contributed by atoms with van der Waals surface area (Å²) in [5.74, 6) is -0.407. The molecule has 2 aliphatic rings. The van der Waals surface area contributed by atoms with Crippen LogP contribution in [-0.4, -0.2) is 55.2 Å². The van der Waals surface area contributed by atoms with Gasteiger partial charge in [-0.1, -0.05) is 24.3 Å². The summed E-state index contributed by atoms with van der Waals surface area (Å²) in [6.07, 6.45) is 0.186. The maximum Gasteiger partial charge on any atom is 0.411 e. The molecule has 2 saturated heterocycles. The van der Waals surface area contributed by atoms with E-state index in [2.05, 4.69) is 10.6 Å². The van der Waals surface area contributed by atoms with Gasteiger partial charge in [0.25, 0.3) is 5.91 Å². The molecule has 0 aliphatic carbocycles. The van der Waals surface area contributed by atoms with Gasteiger partial charge in [-0.05, 0) is 72.5 Å². The van der Waals surface area contributed by atoms with Crippen LogP contribution < -0.4 is 15.4 Å². The second-order valence-electron chi connectivity index (χ2n) is 9.69. The molecule has 10 heteroatoms. The summed E-state index contributed by atoms with van der Waals surface area (Å²) in [5.41, 5.74) is 2.26. The van der Waals surface area contributed by atoms with E-state index >= 15 is 0 Å².